The Morgan fingerprint density at radius 3 is 2.00 bits per heavy atom. The molecule has 0 aromatic heterocycles. The van der Waals surface area contributed by atoms with Crippen molar-refractivity contribution in [3.05, 3.63) is 12.7 Å². The number of allylic oxidation sites excluding steroid dienone is 1. The lowest BCUT2D eigenvalue weighted by atomic mass is 9.77. The van der Waals surface area contributed by atoms with Gasteiger partial charge in [0.2, 0.25) is 0 Å². The largest absolute Gasteiger partial charge is 0.103 e. The predicted octanol–water partition coefficient (Wildman–Crippen LogP) is 8.75. The quantitative estimate of drug-likeness (QED) is 0.265. The molecule has 3 rings (SSSR count). The highest BCUT2D eigenvalue weighted by molar-refractivity contribution is 6.82. The average molecular weight is 375 g/mol. The van der Waals surface area contributed by atoms with Crippen LogP contribution in [-0.4, -0.2) is 8.07 Å². The zero-order valence-corrected chi connectivity index (χ0v) is 19.0. The van der Waals surface area contributed by atoms with Gasteiger partial charge in [0, 0.05) is 0 Å². The second-order valence-electron chi connectivity index (χ2n) is 10.2. The van der Waals surface area contributed by atoms with E-state index in [1.54, 1.807) is 57.0 Å². The van der Waals surface area contributed by atoms with Gasteiger partial charge in [-0.05, 0) is 48.1 Å². The first kappa shape index (κ1) is 20.7. The molecule has 150 valence electrons. The van der Waals surface area contributed by atoms with Crippen LogP contribution in [0.25, 0.3) is 0 Å². The second kappa shape index (κ2) is 9.94. The third-order valence-corrected chi connectivity index (χ3v) is 15.8. The Morgan fingerprint density at radius 1 is 0.846 bits per heavy atom. The Morgan fingerprint density at radius 2 is 1.42 bits per heavy atom. The molecule has 3 aliphatic carbocycles. The zero-order chi connectivity index (χ0) is 18.4. The van der Waals surface area contributed by atoms with Gasteiger partial charge in [-0.3, -0.25) is 0 Å². The van der Waals surface area contributed by atoms with Crippen LogP contribution in [0.15, 0.2) is 12.7 Å². The molecule has 0 radical (unpaired) electrons. The molecule has 4 atom stereocenters. The summed E-state index contributed by atoms with van der Waals surface area (Å²) in [7, 11) is -1.18. The van der Waals surface area contributed by atoms with E-state index in [1.165, 1.54) is 56.0 Å². The lowest BCUT2D eigenvalue weighted by Crippen LogP contribution is -2.46. The van der Waals surface area contributed by atoms with Crippen molar-refractivity contribution in [1.82, 2.24) is 0 Å². The maximum absolute atomic E-state index is 4.14. The van der Waals surface area contributed by atoms with Crippen LogP contribution in [0.2, 0.25) is 23.2 Å². The maximum atomic E-state index is 4.14. The molecule has 0 nitrogen and oxygen atoms in total. The van der Waals surface area contributed by atoms with E-state index in [4.69, 9.17) is 0 Å². The molecule has 4 unspecified atom stereocenters. The number of unbranched alkanes of at least 4 members (excludes halogenated alkanes) is 2. The van der Waals surface area contributed by atoms with Gasteiger partial charge >= 0.3 is 0 Å². The minimum atomic E-state index is -1.18. The fourth-order valence-electron chi connectivity index (χ4n) is 7.81. The van der Waals surface area contributed by atoms with Crippen LogP contribution < -0.4 is 0 Å². The van der Waals surface area contributed by atoms with Gasteiger partial charge in [0.05, 0.1) is 8.07 Å². The van der Waals surface area contributed by atoms with Crippen molar-refractivity contribution >= 4 is 8.07 Å². The van der Waals surface area contributed by atoms with Crippen molar-refractivity contribution in [3.8, 4) is 0 Å². The van der Waals surface area contributed by atoms with Crippen molar-refractivity contribution in [2.45, 2.75) is 127 Å². The first-order chi connectivity index (χ1) is 12.8. The summed E-state index contributed by atoms with van der Waals surface area (Å²) >= 11 is 0. The molecule has 0 saturated heterocycles. The van der Waals surface area contributed by atoms with Crippen LogP contribution in [-0.2, 0) is 0 Å². The van der Waals surface area contributed by atoms with E-state index in [2.05, 4.69) is 26.5 Å². The van der Waals surface area contributed by atoms with Gasteiger partial charge in [0.25, 0.3) is 0 Å². The molecule has 0 aromatic carbocycles. The van der Waals surface area contributed by atoms with E-state index in [-0.39, 0.29) is 0 Å². The fourth-order valence-corrected chi connectivity index (χ4v) is 15.8. The highest BCUT2D eigenvalue weighted by Crippen LogP contribution is 2.63. The average Bonchev–Trinajstić information content (AvgIpc) is 3.32. The lowest BCUT2D eigenvalue weighted by Gasteiger charge is -2.47. The Kier molecular flexibility index (Phi) is 7.91. The predicted molar refractivity (Wildman–Crippen MR) is 120 cm³/mol. The molecule has 0 spiro atoms. The van der Waals surface area contributed by atoms with Gasteiger partial charge in [-0.15, -0.1) is 6.58 Å². The van der Waals surface area contributed by atoms with Crippen LogP contribution >= 0.6 is 0 Å². The molecule has 0 aliphatic heterocycles. The van der Waals surface area contributed by atoms with E-state index < -0.39 is 8.07 Å². The molecule has 0 aromatic rings. The monoisotopic (exact) mass is 374 g/mol. The Bertz CT molecular complexity index is 414. The molecule has 26 heavy (non-hydrogen) atoms. The summed E-state index contributed by atoms with van der Waals surface area (Å²) < 4.78 is 0. The van der Waals surface area contributed by atoms with Gasteiger partial charge in [0.1, 0.15) is 0 Å². The minimum Gasteiger partial charge on any atom is -0.103 e. The number of fused-ring (bicyclic) bond motifs is 1. The van der Waals surface area contributed by atoms with Gasteiger partial charge in [-0.2, -0.15) is 0 Å². The van der Waals surface area contributed by atoms with Crippen LogP contribution in [0.5, 0.6) is 0 Å². The summed E-state index contributed by atoms with van der Waals surface area (Å²) in [5.74, 6) is 3.19. The van der Waals surface area contributed by atoms with E-state index >= 15 is 0 Å². The molecule has 0 bridgehead atoms. The summed E-state index contributed by atoms with van der Waals surface area (Å²) in [4.78, 5) is 0. The molecule has 0 heterocycles. The van der Waals surface area contributed by atoms with E-state index in [9.17, 15) is 0 Å². The molecule has 0 N–H and O–H groups in total. The summed E-state index contributed by atoms with van der Waals surface area (Å²) in [6.07, 6.45) is 23.6. The smallest absolute Gasteiger partial charge is 0.0601 e. The fraction of sp³-hybridized carbons (Fsp3) is 0.920. The zero-order valence-electron chi connectivity index (χ0n) is 18.0. The van der Waals surface area contributed by atoms with Crippen molar-refractivity contribution in [2.24, 2.45) is 17.8 Å². The minimum absolute atomic E-state index is 0.999. The first-order valence-electron chi connectivity index (χ1n) is 12.4. The highest BCUT2D eigenvalue weighted by atomic mass is 28.3. The number of rotatable bonds is 10. The molecule has 3 fully saturated rings. The highest BCUT2D eigenvalue weighted by Gasteiger charge is 2.55. The van der Waals surface area contributed by atoms with Crippen molar-refractivity contribution < 1.29 is 0 Å². The normalized spacial score (nSPS) is 32.7. The summed E-state index contributed by atoms with van der Waals surface area (Å²) in [6, 6.07) is 3.37. The number of hydrogen-bond acceptors (Lipinski definition) is 0. The number of hydrogen-bond donors (Lipinski definition) is 0. The van der Waals surface area contributed by atoms with E-state index in [0.29, 0.717) is 0 Å². The third kappa shape index (κ3) is 4.18. The first-order valence-corrected chi connectivity index (χ1v) is 14.9. The Balaban J connectivity index is 1.91. The van der Waals surface area contributed by atoms with Crippen LogP contribution in [0, 0.1) is 17.8 Å². The van der Waals surface area contributed by atoms with E-state index in [0.717, 1.165) is 17.8 Å². The Hall–Kier alpha value is -0.0431. The van der Waals surface area contributed by atoms with Crippen molar-refractivity contribution in [2.75, 3.05) is 0 Å². The van der Waals surface area contributed by atoms with E-state index in [1.807, 2.05) is 0 Å². The Labute approximate surface area is 165 Å². The van der Waals surface area contributed by atoms with Gasteiger partial charge in [-0.1, -0.05) is 103 Å². The molecule has 1 heteroatoms. The van der Waals surface area contributed by atoms with Gasteiger partial charge < -0.3 is 0 Å². The summed E-state index contributed by atoms with van der Waals surface area (Å²) in [6.45, 7) is 9.01. The molecule has 0 amide bonds. The van der Waals surface area contributed by atoms with Crippen LogP contribution in [0.4, 0.5) is 0 Å². The molecular weight excluding hydrogens is 328 g/mol. The third-order valence-electron chi connectivity index (χ3n) is 8.92. The lowest BCUT2D eigenvalue weighted by molar-refractivity contribution is 0.227. The van der Waals surface area contributed by atoms with Crippen molar-refractivity contribution in [1.29, 1.82) is 0 Å². The molecule has 3 saturated carbocycles. The van der Waals surface area contributed by atoms with Crippen LogP contribution in [0.3, 0.4) is 0 Å². The van der Waals surface area contributed by atoms with Crippen molar-refractivity contribution in [3.63, 3.8) is 0 Å². The summed E-state index contributed by atoms with van der Waals surface area (Å²) in [5.41, 5.74) is 2.37. The standard InChI is InChI=1S/C25H46Si/c1-4-7-18-26(19-8-5-2,22-14-9-10-15-22)25-20-21(13-6-3)23-16-11-12-17-24(23)25/h6,21-25H,3-5,7-20H2,1-2H3. The molecular formula is C25H46Si. The van der Waals surface area contributed by atoms with Crippen LogP contribution in [0.1, 0.15) is 104 Å². The topological polar surface area (TPSA) is 0 Å². The van der Waals surface area contributed by atoms with Gasteiger partial charge in [-0.25, -0.2) is 0 Å². The summed E-state index contributed by atoms with van der Waals surface area (Å²) in [5, 5.41) is 0. The second-order valence-corrected chi connectivity index (χ2v) is 15.2. The van der Waals surface area contributed by atoms with Gasteiger partial charge in [0.15, 0.2) is 0 Å². The molecule has 3 aliphatic rings. The maximum Gasteiger partial charge on any atom is 0.0601 e. The SMILES string of the molecule is C=CCC1CC([Si](CCCC)(CCCC)C2CCCC2)C2CCCCC12.